The fraction of sp³-hybridized carbons (Fsp3) is 0.211. The standard InChI is InChI=1S/C19H17N3O3S/c1-10(12-5-6-14-13(8-12)9-16(23)21-14)20-18(24)17-11(2)25-19(22-17)15-4-3-7-26-15/h3-8,10H,9H2,1-2H3,(H,20,24)(H,21,23)/t10-/m0/s1. The zero-order valence-electron chi connectivity index (χ0n) is 14.3. The van der Waals surface area contributed by atoms with Gasteiger partial charge in [0.25, 0.3) is 5.91 Å². The number of nitrogens with zero attached hydrogens (tertiary/aromatic N) is 1. The van der Waals surface area contributed by atoms with Crippen LogP contribution in [0.15, 0.2) is 40.1 Å². The number of rotatable bonds is 4. The van der Waals surface area contributed by atoms with Gasteiger partial charge >= 0.3 is 0 Å². The quantitative estimate of drug-likeness (QED) is 0.736. The molecule has 6 nitrogen and oxygen atoms in total. The molecular weight excluding hydrogens is 350 g/mol. The van der Waals surface area contributed by atoms with Crippen LogP contribution in [0.2, 0.25) is 0 Å². The van der Waals surface area contributed by atoms with E-state index in [2.05, 4.69) is 15.6 Å². The van der Waals surface area contributed by atoms with Gasteiger partial charge in [-0.1, -0.05) is 18.2 Å². The molecule has 1 aliphatic heterocycles. The van der Waals surface area contributed by atoms with E-state index in [1.54, 1.807) is 6.92 Å². The number of aryl methyl sites for hydroxylation is 1. The van der Waals surface area contributed by atoms with Gasteiger partial charge in [-0.15, -0.1) is 11.3 Å². The predicted molar refractivity (Wildman–Crippen MR) is 99.2 cm³/mol. The van der Waals surface area contributed by atoms with Crippen molar-refractivity contribution in [3.05, 3.63) is 58.3 Å². The van der Waals surface area contributed by atoms with E-state index in [0.29, 0.717) is 23.8 Å². The van der Waals surface area contributed by atoms with Crippen molar-refractivity contribution in [2.45, 2.75) is 26.3 Å². The van der Waals surface area contributed by atoms with Gasteiger partial charge in [0.05, 0.1) is 17.3 Å². The van der Waals surface area contributed by atoms with Crippen LogP contribution in [-0.4, -0.2) is 16.8 Å². The summed E-state index contributed by atoms with van der Waals surface area (Å²) in [5.41, 5.74) is 3.02. The molecule has 7 heteroatoms. The molecule has 0 spiro atoms. The summed E-state index contributed by atoms with van der Waals surface area (Å²) in [6, 6.07) is 9.32. The largest absolute Gasteiger partial charge is 0.440 e. The minimum atomic E-state index is -0.281. The minimum absolute atomic E-state index is 0.00633. The van der Waals surface area contributed by atoms with Gasteiger partial charge in [-0.05, 0) is 42.5 Å². The number of fused-ring (bicyclic) bond motifs is 1. The van der Waals surface area contributed by atoms with E-state index in [4.69, 9.17) is 4.42 Å². The second-order valence-corrected chi connectivity index (χ2v) is 7.19. The molecule has 3 aromatic rings. The van der Waals surface area contributed by atoms with Crippen molar-refractivity contribution in [1.82, 2.24) is 10.3 Å². The average Bonchev–Trinajstić information content (AvgIpc) is 3.31. The third-order valence-electron chi connectivity index (χ3n) is 4.35. The van der Waals surface area contributed by atoms with Crippen LogP contribution in [0.5, 0.6) is 0 Å². The summed E-state index contributed by atoms with van der Waals surface area (Å²) in [7, 11) is 0. The van der Waals surface area contributed by atoms with Crippen molar-refractivity contribution in [2.75, 3.05) is 5.32 Å². The van der Waals surface area contributed by atoms with Gasteiger partial charge in [0.15, 0.2) is 5.69 Å². The van der Waals surface area contributed by atoms with E-state index in [0.717, 1.165) is 21.7 Å². The number of hydrogen-bond donors (Lipinski definition) is 2. The Morgan fingerprint density at radius 3 is 3.00 bits per heavy atom. The van der Waals surface area contributed by atoms with Crippen LogP contribution in [0.4, 0.5) is 5.69 Å². The maximum absolute atomic E-state index is 12.6. The van der Waals surface area contributed by atoms with E-state index in [-0.39, 0.29) is 17.9 Å². The molecule has 132 valence electrons. The number of nitrogens with one attached hydrogen (secondary N) is 2. The lowest BCUT2D eigenvalue weighted by Crippen LogP contribution is -2.27. The third-order valence-corrected chi connectivity index (χ3v) is 5.20. The lowest BCUT2D eigenvalue weighted by atomic mass is 10.0. The second kappa shape index (κ2) is 6.42. The zero-order valence-corrected chi connectivity index (χ0v) is 15.1. The van der Waals surface area contributed by atoms with Crippen molar-refractivity contribution in [1.29, 1.82) is 0 Å². The lowest BCUT2D eigenvalue weighted by Gasteiger charge is -2.14. The molecule has 0 saturated carbocycles. The number of thiophene rings is 1. The number of anilines is 1. The zero-order chi connectivity index (χ0) is 18.3. The Morgan fingerprint density at radius 2 is 2.23 bits per heavy atom. The first-order valence-electron chi connectivity index (χ1n) is 8.26. The van der Waals surface area contributed by atoms with Gasteiger partial charge in [0, 0.05) is 5.69 Å². The van der Waals surface area contributed by atoms with Crippen LogP contribution < -0.4 is 10.6 Å². The molecular formula is C19H17N3O3S. The van der Waals surface area contributed by atoms with Crippen LogP contribution in [0.25, 0.3) is 10.8 Å². The molecule has 0 saturated heterocycles. The minimum Gasteiger partial charge on any atom is -0.440 e. The van der Waals surface area contributed by atoms with Crippen LogP contribution in [0, 0.1) is 6.92 Å². The number of amides is 2. The number of oxazole rings is 1. The van der Waals surface area contributed by atoms with Crippen molar-refractivity contribution < 1.29 is 14.0 Å². The first kappa shape index (κ1) is 16.5. The maximum Gasteiger partial charge on any atom is 0.274 e. The van der Waals surface area contributed by atoms with Gasteiger partial charge in [-0.2, -0.15) is 0 Å². The van der Waals surface area contributed by atoms with Crippen molar-refractivity contribution in [3.8, 4) is 10.8 Å². The predicted octanol–water partition coefficient (Wildman–Crippen LogP) is 3.70. The smallest absolute Gasteiger partial charge is 0.274 e. The summed E-state index contributed by atoms with van der Waals surface area (Å²) in [5, 5.41) is 7.69. The Kier molecular flexibility index (Phi) is 4.08. The Hall–Kier alpha value is -2.93. The average molecular weight is 367 g/mol. The van der Waals surface area contributed by atoms with E-state index in [1.807, 2.05) is 42.6 Å². The van der Waals surface area contributed by atoms with E-state index in [1.165, 1.54) is 11.3 Å². The number of benzene rings is 1. The number of carbonyl (C=O) groups excluding carboxylic acids is 2. The highest BCUT2D eigenvalue weighted by molar-refractivity contribution is 7.13. The molecule has 3 heterocycles. The highest BCUT2D eigenvalue weighted by atomic mass is 32.1. The third kappa shape index (κ3) is 3.01. The molecule has 1 aromatic carbocycles. The summed E-state index contributed by atoms with van der Waals surface area (Å²) in [4.78, 5) is 29.3. The summed E-state index contributed by atoms with van der Waals surface area (Å²) < 4.78 is 5.63. The fourth-order valence-electron chi connectivity index (χ4n) is 2.98. The van der Waals surface area contributed by atoms with Crippen LogP contribution >= 0.6 is 11.3 Å². The monoisotopic (exact) mass is 367 g/mol. The summed E-state index contributed by atoms with van der Waals surface area (Å²) in [6.07, 6.45) is 0.371. The van der Waals surface area contributed by atoms with E-state index < -0.39 is 0 Å². The molecule has 0 radical (unpaired) electrons. The molecule has 0 fully saturated rings. The molecule has 4 rings (SSSR count). The Balaban J connectivity index is 1.52. The van der Waals surface area contributed by atoms with Crippen LogP contribution in [-0.2, 0) is 11.2 Å². The SMILES string of the molecule is Cc1oc(-c2cccs2)nc1C(=O)N[C@@H](C)c1ccc2c(c1)CC(=O)N2. The number of hydrogen-bond acceptors (Lipinski definition) is 5. The number of aromatic nitrogens is 1. The molecule has 2 aromatic heterocycles. The van der Waals surface area contributed by atoms with E-state index >= 15 is 0 Å². The van der Waals surface area contributed by atoms with Crippen molar-refractivity contribution >= 4 is 28.8 Å². The molecule has 0 bridgehead atoms. The van der Waals surface area contributed by atoms with Gasteiger partial charge in [-0.3, -0.25) is 9.59 Å². The maximum atomic E-state index is 12.6. The van der Waals surface area contributed by atoms with E-state index in [9.17, 15) is 9.59 Å². The molecule has 1 atom stereocenters. The van der Waals surface area contributed by atoms with Crippen molar-refractivity contribution in [2.24, 2.45) is 0 Å². The fourth-order valence-corrected chi connectivity index (χ4v) is 3.63. The Bertz CT molecular complexity index is 992. The van der Waals surface area contributed by atoms with Crippen molar-refractivity contribution in [3.63, 3.8) is 0 Å². The molecule has 0 aliphatic carbocycles. The highest BCUT2D eigenvalue weighted by Gasteiger charge is 2.22. The molecule has 2 N–H and O–H groups in total. The molecule has 2 amide bonds. The first-order valence-corrected chi connectivity index (χ1v) is 9.14. The second-order valence-electron chi connectivity index (χ2n) is 6.24. The van der Waals surface area contributed by atoms with Gasteiger partial charge < -0.3 is 15.1 Å². The highest BCUT2D eigenvalue weighted by Crippen LogP contribution is 2.28. The summed E-state index contributed by atoms with van der Waals surface area (Å²) in [5.74, 6) is 0.656. The van der Waals surface area contributed by atoms with Crippen LogP contribution in [0.1, 0.15) is 40.3 Å². The lowest BCUT2D eigenvalue weighted by molar-refractivity contribution is -0.115. The van der Waals surface area contributed by atoms with Crippen LogP contribution in [0.3, 0.4) is 0 Å². The molecule has 26 heavy (non-hydrogen) atoms. The van der Waals surface area contributed by atoms with Gasteiger partial charge in [-0.25, -0.2) is 4.98 Å². The normalized spacial score (nSPS) is 14.0. The summed E-state index contributed by atoms with van der Waals surface area (Å²) >= 11 is 1.51. The topological polar surface area (TPSA) is 84.2 Å². The summed E-state index contributed by atoms with van der Waals surface area (Å²) in [6.45, 7) is 3.63. The van der Waals surface area contributed by atoms with Gasteiger partial charge in [0.2, 0.25) is 11.8 Å². The van der Waals surface area contributed by atoms with Gasteiger partial charge in [0.1, 0.15) is 5.76 Å². The number of carbonyl (C=O) groups is 2. The Labute approximate surface area is 154 Å². The first-order chi connectivity index (χ1) is 12.5. The molecule has 0 unspecified atom stereocenters. The molecule has 1 aliphatic rings. The Morgan fingerprint density at radius 1 is 1.38 bits per heavy atom.